The molecule has 0 spiro atoms. The van der Waals surface area contributed by atoms with E-state index in [4.69, 9.17) is 23.2 Å². The second-order valence-electron chi connectivity index (χ2n) is 8.29. The number of carboxylic acids is 1. The van der Waals surface area contributed by atoms with Crippen molar-refractivity contribution in [2.75, 3.05) is 0 Å². The number of pyridine rings is 1. The molecule has 0 radical (unpaired) electrons. The molecule has 0 amide bonds. The Labute approximate surface area is 190 Å². The van der Waals surface area contributed by atoms with Gasteiger partial charge in [-0.05, 0) is 67.7 Å². The van der Waals surface area contributed by atoms with Crippen LogP contribution in [0, 0.1) is 0 Å². The molecule has 1 atom stereocenters. The van der Waals surface area contributed by atoms with Crippen molar-refractivity contribution in [3.63, 3.8) is 0 Å². The van der Waals surface area contributed by atoms with Crippen molar-refractivity contribution in [1.82, 2.24) is 20.2 Å². The van der Waals surface area contributed by atoms with Crippen molar-refractivity contribution < 1.29 is 9.90 Å². The summed E-state index contributed by atoms with van der Waals surface area (Å²) < 4.78 is 0. The van der Waals surface area contributed by atoms with Crippen LogP contribution >= 0.6 is 23.2 Å². The molecule has 4 aliphatic rings. The molecule has 2 aliphatic heterocycles. The highest BCUT2D eigenvalue weighted by molar-refractivity contribution is 6.30. The largest absolute Gasteiger partial charge is 0.479 e. The fourth-order valence-corrected chi connectivity index (χ4v) is 5.49. The van der Waals surface area contributed by atoms with Gasteiger partial charge in [-0.1, -0.05) is 29.3 Å². The zero-order valence-electron chi connectivity index (χ0n) is 16.8. The molecule has 7 nitrogen and oxygen atoms in total. The summed E-state index contributed by atoms with van der Waals surface area (Å²) in [6, 6.07) is 3.39. The lowest BCUT2D eigenvalue weighted by Gasteiger charge is -2.36. The molecule has 162 valence electrons. The first-order valence-corrected chi connectivity index (χ1v) is 11.3. The van der Waals surface area contributed by atoms with Crippen LogP contribution in [-0.2, 0) is 4.79 Å². The first-order chi connectivity index (χ1) is 15.0. The lowest BCUT2D eigenvalue weighted by molar-refractivity contribution is -0.140. The third-order valence-corrected chi connectivity index (χ3v) is 7.16. The van der Waals surface area contributed by atoms with Gasteiger partial charge < -0.3 is 10.4 Å². The minimum atomic E-state index is -0.892. The second kappa shape index (κ2) is 8.20. The molecular weight excluding hydrogens is 437 g/mol. The lowest BCUT2D eigenvalue weighted by atomic mass is 9.82. The first kappa shape index (κ1) is 20.4. The number of aliphatic carboxylic acids is 1. The predicted molar refractivity (Wildman–Crippen MR) is 119 cm³/mol. The Morgan fingerprint density at radius 3 is 2.74 bits per heavy atom. The third-order valence-electron chi connectivity index (χ3n) is 6.55. The molecule has 9 heteroatoms. The van der Waals surface area contributed by atoms with Crippen molar-refractivity contribution in [2.45, 2.75) is 56.5 Å². The molecule has 0 aromatic carbocycles. The number of hydrazone groups is 1. The predicted octanol–water partition coefficient (Wildman–Crippen LogP) is 4.35. The Morgan fingerprint density at radius 2 is 2.00 bits per heavy atom. The SMILES string of the molecule is O=C(O)C1C2=C(C=C(Cl)CC2)NC=C2N1C=NN2C1CCC(c2cccnc2Cl)CC1. The number of fused-ring (bicyclic) bond motifs is 1. The first-order valence-electron chi connectivity index (χ1n) is 10.5. The number of halogens is 2. The molecule has 0 saturated heterocycles. The van der Waals surface area contributed by atoms with E-state index in [1.165, 1.54) is 0 Å². The molecule has 1 aromatic rings. The van der Waals surface area contributed by atoms with Gasteiger partial charge in [-0.15, -0.1) is 0 Å². The number of aromatic nitrogens is 1. The molecule has 1 unspecified atom stereocenters. The molecule has 5 rings (SSSR count). The van der Waals surface area contributed by atoms with Gasteiger partial charge in [0.2, 0.25) is 0 Å². The van der Waals surface area contributed by atoms with E-state index >= 15 is 0 Å². The number of hydrogen-bond donors (Lipinski definition) is 2. The molecule has 1 fully saturated rings. The van der Waals surface area contributed by atoms with Crippen molar-refractivity contribution >= 4 is 35.5 Å². The van der Waals surface area contributed by atoms with Crippen LogP contribution in [0.4, 0.5) is 0 Å². The number of rotatable bonds is 3. The van der Waals surface area contributed by atoms with Gasteiger partial charge in [0.1, 0.15) is 17.3 Å². The number of carbonyl (C=O) groups is 1. The Balaban J connectivity index is 1.35. The van der Waals surface area contributed by atoms with E-state index < -0.39 is 12.0 Å². The highest BCUT2D eigenvalue weighted by Gasteiger charge is 2.41. The van der Waals surface area contributed by atoms with Crippen LogP contribution in [0.1, 0.15) is 50.0 Å². The van der Waals surface area contributed by atoms with Crippen LogP contribution in [0.5, 0.6) is 0 Å². The van der Waals surface area contributed by atoms with Crippen LogP contribution in [-0.4, -0.2) is 44.4 Å². The monoisotopic (exact) mass is 459 g/mol. The van der Waals surface area contributed by atoms with Gasteiger partial charge in [0.05, 0.1) is 6.04 Å². The summed E-state index contributed by atoms with van der Waals surface area (Å²) in [4.78, 5) is 18.2. The topological polar surface area (TPSA) is 81.1 Å². The minimum Gasteiger partial charge on any atom is -0.479 e. The molecule has 3 heterocycles. The summed E-state index contributed by atoms with van der Waals surface area (Å²) in [5.74, 6) is 0.250. The molecule has 0 bridgehead atoms. The number of carboxylic acid groups (broad SMARTS) is 1. The Bertz CT molecular complexity index is 1030. The fourth-order valence-electron chi connectivity index (χ4n) is 5.01. The van der Waals surface area contributed by atoms with Gasteiger partial charge in [-0.25, -0.2) is 14.8 Å². The smallest absolute Gasteiger partial charge is 0.331 e. The van der Waals surface area contributed by atoms with Gasteiger partial charge in [0.15, 0.2) is 6.04 Å². The average molecular weight is 460 g/mol. The standard InChI is InChI=1S/C22H23Cl2N5O2/c23-14-5-8-17-18(10-14)26-11-19-28(20(17)22(30)31)12-27-29(19)15-6-3-13(4-7-15)16-2-1-9-25-21(16)24/h1-2,9-13,15,20,26H,3-8H2,(H,30,31). The number of hydrogen-bond acceptors (Lipinski definition) is 6. The quantitative estimate of drug-likeness (QED) is 0.653. The molecule has 1 saturated carbocycles. The van der Waals surface area contributed by atoms with E-state index in [-0.39, 0.29) is 6.04 Å². The van der Waals surface area contributed by atoms with E-state index in [1.54, 1.807) is 17.4 Å². The van der Waals surface area contributed by atoms with Crippen LogP contribution in [0.2, 0.25) is 5.15 Å². The lowest BCUT2D eigenvalue weighted by Crippen LogP contribution is -2.43. The maximum Gasteiger partial charge on any atom is 0.331 e. The van der Waals surface area contributed by atoms with Gasteiger partial charge in [0.25, 0.3) is 0 Å². The van der Waals surface area contributed by atoms with Gasteiger partial charge in [-0.3, -0.25) is 4.90 Å². The third kappa shape index (κ3) is 3.70. The maximum atomic E-state index is 12.2. The zero-order valence-corrected chi connectivity index (χ0v) is 18.4. The molecule has 31 heavy (non-hydrogen) atoms. The minimum absolute atomic E-state index is 0.199. The second-order valence-corrected chi connectivity index (χ2v) is 9.13. The Morgan fingerprint density at radius 1 is 1.19 bits per heavy atom. The molecule has 1 aromatic heterocycles. The molecule has 2 aliphatic carbocycles. The summed E-state index contributed by atoms with van der Waals surface area (Å²) in [5.41, 5.74) is 2.70. The normalized spacial score (nSPS) is 27.7. The number of nitrogens with one attached hydrogen (secondary N) is 1. The van der Waals surface area contributed by atoms with Crippen LogP contribution in [0.3, 0.4) is 0 Å². The average Bonchev–Trinajstić information content (AvgIpc) is 3.10. The summed E-state index contributed by atoms with van der Waals surface area (Å²) in [5, 5.41) is 21.2. The fraction of sp³-hybridized carbons (Fsp3) is 0.409. The molecule has 2 N–H and O–H groups in total. The highest BCUT2D eigenvalue weighted by Crippen LogP contribution is 2.40. The van der Waals surface area contributed by atoms with E-state index in [0.717, 1.165) is 53.4 Å². The summed E-state index contributed by atoms with van der Waals surface area (Å²) in [7, 11) is 0. The van der Waals surface area contributed by atoms with Crippen molar-refractivity contribution in [2.24, 2.45) is 5.10 Å². The number of allylic oxidation sites excluding steroid dienone is 2. The van der Waals surface area contributed by atoms with Crippen LogP contribution < -0.4 is 5.32 Å². The summed E-state index contributed by atoms with van der Waals surface area (Å²) in [6.07, 6.45) is 12.1. The Hall–Kier alpha value is -2.51. The van der Waals surface area contributed by atoms with Crippen molar-refractivity contribution in [3.8, 4) is 0 Å². The van der Waals surface area contributed by atoms with E-state index in [1.807, 2.05) is 23.4 Å². The number of nitrogens with zero attached hydrogens (tertiary/aromatic N) is 4. The van der Waals surface area contributed by atoms with Crippen LogP contribution in [0.25, 0.3) is 0 Å². The van der Waals surface area contributed by atoms with E-state index in [0.29, 0.717) is 23.9 Å². The van der Waals surface area contributed by atoms with Gasteiger partial charge in [0, 0.05) is 23.1 Å². The van der Waals surface area contributed by atoms with Gasteiger partial charge >= 0.3 is 5.97 Å². The summed E-state index contributed by atoms with van der Waals surface area (Å²) >= 11 is 12.5. The maximum absolute atomic E-state index is 12.2. The van der Waals surface area contributed by atoms with E-state index in [9.17, 15) is 9.90 Å². The highest BCUT2D eigenvalue weighted by atomic mass is 35.5. The Kier molecular flexibility index (Phi) is 5.40. The summed E-state index contributed by atoms with van der Waals surface area (Å²) in [6.45, 7) is 0. The van der Waals surface area contributed by atoms with Gasteiger partial charge in [-0.2, -0.15) is 5.10 Å². The zero-order chi connectivity index (χ0) is 21.5. The van der Waals surface area contributed by atoms with E-state index in [2.05, 4.69) is 21.5 Å². The van der Waals surface area contributed by atoms with Crippen molar-refractivity contribution in [3.05, 3.63) is 63.4 Å². The van der Waals surface area contributed by atoms with Crippen LogP contribution in [0.15, 0.2) is 57.8 Å². The molecular formula is C22H23Cl2N5O2. The van der Waals surface area contributed by atoms with Crippen molar-refractivity contribution in [1.29, 1.82) is 0 Å².